The summed E-state index contributed by atoms with van der Waals surface area (Å²) < 4.78 is 59.7. The number of hydrogen-bond donors (Lipinski definition) is 0. The highest BCUT2D eigenvalue weighted by Gasteiger charge is 2.32. The Balaban J connectivity index is 1.88. The smallest absolute Gasteiger partial charge is 0.243 e. The van der Waals surface area contributed by atoms with Gasteiger partial charge in [-0.3, -0.25) is 0 Å². The standard InChI is InChI=1S/C12H15NO6S2/c14-20(15)7-3-13(4-8-20)21(16,17)10-1-2-11-12(9-10)19-6-5-18-11/h1-2,9H,3-8H2. The van der Waals surface area contributed by atoms with E-state index in [0.29, 0.717) is 24.7 Å². The maximum absolute atomic E-state index is 12.5. The molecule has 7 nitrogen and oxygen atoms in total. The average Bonchev–Trinajstić information content (AvgIpc) is 2.46. The second-order valence-electron chi connectivity index (χ2n) is 4.86. The van der Waals surface area contributed by atoms with Crippen molar-refractivity contribution in [2.45, 2.75) is 4.90 Å². The first-order valence-electron chi connectivity index (χ1n) is 6.49. The van der Waals surface area contributed by atoms with Crippen LogP contribution in [-0.4, -0.2) is 58.9 Å². The maximum Gasteiger partial charge on any atom is 0.243 e. The van der Waals surface area contributed by atoms with E-state index in [-0.39, 0.29) is 29.5 Å². The fourth-order valence-corrected chi connectivity index (χ4v) is 5.16. The molecular weight excluding hydrogens is 318 g/mol. The van der Waals surface area contributed by atoms with Gasteiger partial charge in [0.05, 0.1) is 16.4 Å². The van der Waals surface area contributed by atoms with E-state index < -0.39 is 19.9 Å². The van der Waals surface area contributed by atoms with Gasteiger partial charge in [0, 0.05) is 19.2 Å². The predicted octanol–water partition coefficient (Wildman–Crippen LogP) is -0.123. The molecule has 0 saturated carbocycles. The maximum atomic E-state index is 12.5. The highest BCUT2D eigenvalue weighted by Crippen LogP contribution is 2.33. The molecule has 1 aromatic carbocycles. The van der Waals surface area contributed by atoms with E-state index >= 15 is 0 Å². The highest BCUT2D eigenvalue weighted by molar-refractivity contribution is 7.92. The molecule has 0 radical (unpaired) electrons. The molecule has 0 bridgehead atoms. The zero-order valence-electron chi connectivity index (χ0n) is 11.2. The first-order chi connectivity index (χ1) is 9.88. The summed E-state index contributed by atoms with van der Waals surface area (Å²) in [5, 5.41) is 0. The number of ether oxygens (including phenoxy) is 2. The van der Waals surface area contributed by atoms with Crippen LogP contribution in [0.1, 0.15) is 0 Å². The van der Waals surface area contributed by atoms with Crippen LogP contribution in [0.15, 0.2) is 23.1 Å². The van der Waals surface area contributed by atoms with Crippen molar-refractivity contribution in [1.29, 1.82) is 0 Å². The van der Waals surface area contributed by atoms with Gasteiger partial charge in [0.15, 0.2) is 21.3 Å². The van der Waals surface area contributed by atoms with Crippen molar-refractivity contribution in [3.63, 3.8) is 0 Å². The fraction of sp³-hybridized carbons (Fsp3) is 0.500. The Morgan fingerprint density at radius 3 is 2.29 bits per heavy atom. The predicted molar refractivity (Wildman–Crippen MR) is 74.8 cm³/mol. The SMILES string of the molecule is O=S1(=O)CCN(S(=O)(=O)c2ccc3c(c2)OCCO3)CC1. The van der Waals surface area contributed by atoms with Crippen molar-refractivity contribution in [3.05, 3.63) is 18.2 Å². The summed E-state index contributed by atoms with van der Waals surface area (Å²) in [6.45, 7) is 0.778. The lowest BCUT2D eigenvalue weighted by Gasteiger charge is -2.26. The van der Waals surface area contributed by atoms with E-state index in [1.807, 2.05) is 0 Å². The zero-order chi connectivity index (χ0) is 15.1. The van der Waals surface area contributed by atoms with Crippen LogP contribution < -0.4 is 9.47 Å². The van der Waals surface area contributed by atoms with Gasteiger partial charge < -0.3 is 9.47 Å². The minimum atomic E-state index is -3.71. The molecule has 1 fully saturated rings. The molecular formula is C12H15NO6S2. The van der Waals surface area contributed by atoms with Gasteiger partial charge in [-0.05, 0) is 12.1 Å². The molecule has 9 heteroatoms. The highest BCUT2D eigenvalue weighted by atomic mass is 32.2. The first kappa shape index (κ1) is 14.6. The van der Waals surface area contributed by atoms with Crippen LogP contribution in [0.2, 0.25) is 0 Å². The summed E-state index contributed by atoms with van der Waals surface area (Å²) in [5.41, 5.74) is 0. The Morgan fingerprint density at radius 1 is 1.00 bits per heavy atom. The molecule has 2 aliphatic heterocycles. The van der Waals surface area contributed by atoms with Gasteiger partial charge in [-0.1, -0.05) is 0 Å². The van der Waals surface area contributed by atoms with Gasteiger partial charge in [-0.15, -0.1) is 0 Å². The summed E-state index contributed by atoms with van der Waals surface area (Å²) in [4.78, 5) is 0.0889. The minimum Gasteiger partial charge on any atom is -0.486 e. The van der Waals surface area contributed by atoms with Gasteiger partial charge in [-0.25, -0.2) is 16.8 Å². The van der Waals surface area contributed by atoms with E-state index in [0.717, 1.165) is 0 Å². The van der Waals surface area contributed by atoms with E-state index in [2.05, 4.69) is 0 Å². The average molecular weight is 333 g/mol. The molecule has 3 rings (SSSR count). The number of hydrogen-bond acceptors (Lipinski definition) is 6. The van der Waals surface area contributed by atoms with Gasteiger partial charge >= 0.3 is 0 Å². The Bertz CT molecular complexity index is 742. The Morgan fingerprint density at radius 2 is 1.62 bits per heavy atom. The number of sulfonamides is 1. The molecule has 0 aliphatic carbocycles. The Kier molecular flexibility index (Phi) is 3.58. The fourth-order valence-electron chi connectivity index (χ4n) is 2.27. The van der Waals surface area contributed by atoms with E-state index in [1.54, 1.807) is 6.07 Å². The van der Waals surface area contributed by atoms with Crippen molar-refractivity contribution >= 4 is 19.9 Å². The van der Waals surface area contributed by atoms with Crippen LogP contribution in [0.25, 0.3) is 0 Å². The topological polar surface area (TPSA) is 90.0 Å². The molecule has 21 heavy (non-hydrogen) atoms. The van der Waals surface area contributed by atoms with Crippen LogP contribution in [0.5, 0.6) is 11.5 Å². The molecule has 116 valence electrons. The monoisotopic (exact) mass is 333 g/mol. The molecule has 0 amide bonds. The molecule has 0 unspecified atom stereocenters. The molecule has 2 heterocycles. The third-order valence-corrected chi connectivity index (χ3v) is 6.96. The number of nitrogens with zero attached hydrogens (tertiary/aromatic N) is 1. The molecule has 2 aliphatic rings. The molecule has 0 spiro atoms. The van der Waals surface area contributed by atoms with E-state index in [4.69, 9.17) is 9.47 Å². The minimum absolute atomic E-state index is 0.0148. The van der Waals surface area contributed by atoms with Gasteiger partial charge in [-0.2, -0.15) is 4.31 Å². The summed E-state index contributed by atoms with van der Waals surface area (Å²) in [7, 11) is -6.84. The Hall–Kier alpha value is -1.32. The van der Waals surface area contributed by atoms with Crippen LogP contribution >= 0.6 is 0 Å². The number of rotatable bonds is 2. The summed E-state index contributed by atoms with van der Waals surface area (Å²) >= 11 is 0. The van der Waals surface area contributed by atoms with Gasteiger partial charge in [0.1, 0.15) is 13.2 Å². The van der Waals surface area contributed by atoms with Crippen LogP contribution in [0.3, 0.4) is 0 Å². The van der Waals surface area contributed by atoms with Crippen molar-refractivity contribution in [1.82, 2.24) is 4.31 Å². The van der Waals surface area contributed by atoms with Crippen molar-refractivity contribution in [2.24, 2.45) is 0 Å². The quantitative estimate of drug-likeness (QED) is 0.749. The number of benzene rings is 1. The van der Waals surface area contributed by atoms with Crippen LogP contribution in [-0.2, 0) is 19.9 Å². The summed E-state index contributed by atoms with van der Waals surface area (Å²) in [5.74, 6) is 0.626. The van der Waals surface area contributed by atoms with Crippen LogP contribution in [0, 0.1) is 0 Å². The molecule has 0 N–H and O–H groups in total. The molecule has 1 aromatic rings. The van der Waals surface area contributed by atoms with Crippen molar-refractivity contribution < 1.29 is 26.3 Å². The number of sulfone groups is 1. The normalized spacial score (nSPS) is 21.9. The lowest BCUT2D eigenvalue weighted by Crippen LogP contribution is -2.43. The molecule has 1 saturated heterocycles. The molecule has 0 aromatic heterocycles. The van der Waals surface area contributed by atoms with Gasteiger partial charge in [0.25, 0.3) is 0 Å². The zero-order valence-corrected chi connectivity index (χ0v) is 12.8. The third-order valence-electron chi connectivity index (χ3n) is 3.45. The second-order valence-corrected chi connectivity index (χ2v) is 9.10. The summed E-state index contributed by atoms with van der Waals surface area (Å²) in [6, 6.07) is 4.43. The van der Waals surface area contributed by atoms with Crippen LogP contribution in [0.4, 0.5) is 0 Å². The second kappa shape index (κ2) is 5.15. The third kappa shape index (κ3) is 2.85. The molecule has 0 atom stereocenters. The van der Waals surface area contributed by atoms with E-state index in [1.165, 1.54) is 16.4 Å². The lowest BCUT2D eigenvalue weighted by atomic mass is 10.3. The number of fused-ring (bicyclic) bond motifs is 1. The summed E-state index contributed by atoms with van der Waals surface area (Å²) in [6.07, 6.45) is 0. The largest absolute Gasteiger partial charge is 0.486 e. The van der Waals surface area contributed by atoms with Crippen molar-refractivity contribution in [2.75, 3.05) is 37.8 Å². The first-order valence-corrected chi connectivity index (χ1v) is 9.75. The lowest BCUT2D eigenvalue weighted by molar-refractivity contribution is 0.171. The van der Waals surface area contributed by atoms with E-state index in [9.17, 15) is 16.8 Å². The van der Waals surface area contributed by atoms with Crippen molar-refractivity contribution in [3.8, 4) is 11.5 Å². The Labute approximate surface area is 123 Å². The van der Waals surface area contributed by atoms with Gasteiger partial charge in [0.2, 0.25) is 10.0 Å².